The van der Waals surface area contributed by atoms with Crippen molar-refractivity contribution < 1.29 is 14.6 Å². The largest absolute Gasteiger partial charge is 0.497 e. The molecule has 1 aromatic rings. The Morgan fingerprint density at radius 2 is 1.94 bits per heavy atom. The second-order valence-corrected chi connectivity index (χ2v) is 4.16. The number of methoxy groups -OCH3 is 2. The highest BCUT2D eigenvalue weighted by atomic mass is 32.1. The van der Waals surface area contributed by atoms with Crippen LogP contribution in [0.25, 0.3) is 0 Å². The van der Waals surface area contributed by atoms with E-state index in [4.69, 9.17) is 21.7 Å². The quantitative estimate of drug-likeness (QED) is 0.828. The number of rotatable bonds is 4. The van der Waals surface area contributed by atoms with Crippen LogP contribution < -0.4 is 9.47 Å². The van der Waals surface area contributed by atoms with Crippen LogP contribution in [0.3, 0.4) is 0 Å². The molecular weight excluding hydrogens is 238 g/mol. The summed E-state index contributed by atoms with van der Waals surface area (Å²) in [5.74, 6) is 1.23. The number of aliphatic hydroxyl groups excluding tert-OH is 1. The van der Waals surface area contributed by atoms with E-state index >= 15 is 0 Å². The van der Waals surface area contributed by atoms with Gasteiger partial charge in [0.05, 0.1) is 14.2 Å². The number of nitrogens with zero attached hydrogens (tertiary/aromatic N) is 1. The lowest BCUT2D eigenvalue weighted by Crippen LogP contribution is -2.26. The summed E-state index contributed by atoms with van der Waals surface area (Å²) >= 11 is 5.14. The third-order valence-corrected chi connectivity index (χ3v) is 3.00. The Hall–Kier alpha value is -1.33. The predicted octanol–water partition coefficient (Wildman–Crippen LogP) is 1.63. The first-order chi connectivity index (χ1) is 8.01. The van der Waals surface area contributed by atoms with Crippen LogP contribution in [0.1, 0.15) is 11.7 Å². The molecule has 0 aromatic heterocycles. The van der Waals surface area contributed by atoms with Gasteiger partial charge in [-0.2, -0.15) is 0 Å². The van der Waals surface area contributed by atoms with Crippen molar-refractivity contribution in [1.82, 2.24) is 4.90 Å². The molecular formula is C12H17NO3S. The second-order valence-electron chi connectivity index (χ2n) is 3.74. The normalized spacial score (nSPS) is 11.8. The number of ether oxygens (including phenoxy) is 2. The summed E-state index contributed by atoms with van der Waals surface area (Å²) in [6, 6.07) is 5.23. The molecule has 0 amide bonds. The van der Waals surface area contributed by atoms with Gasteiger partial charge in [-0.1, -0.05) is 12.2 Å². The summed E-state index contributed by atoms with van der Waals surface area (Å²) in [7, 11) is 6.71. The fourth-order valence-electron chi connectivity index (χ4n) is 1.42. The summed E-state index contributed by atoms with van der Waals surface area (Å²) < 4.78 is 10.3. The van der Waals surface area contributed by atoms with E-state index < -0.39 is 6.10 Å². The van der Waals surface area contributed by atoms with Crippen molar-refractivity contribution in [1.29, 1.82) is 0 Å². The van der Waals surface area contributed by atoms with Gasteiger partial charge in [-0.25, -0.2) is 0 Å². The van der Waals surface area contributed by atoms with Crippen LogP contribution in [0.2, 0.25) is 0 Å². The summed E-state index contributed by atoms with van der Waals surface area (Å²) in [6.07, 6.45) is -0.860. The van der Waals surface area contributed by atoms with Crippen LogP contribution in [0.15, 0.2) is 18.2 Å². The van der Waals surface area contributed by atoms with Gasteiger partial charge in [-0.05, 0) is 12.1 Å². The number of hydrogen-bond donors (Lipinski definition) is 1. The Labute approximate surface area is 107 Å². The first-order valence-corrected chi connectivity index (χ1v) is 5.53. The molecule has 0 saturated heterocycles. The minimum atomic E-state index is -0.860. The number of aliphatic hydroxyl groups is 1. The molecule has 1 aromatic carbocycles. The Morgan fingerprint density at radius 3 is 2.41 bits per heavy atom. The van der Waals surface area contributed by atoms with Gasteiger partial charge in [-0.15, -0.1) is 0 Å². The third kappa shape index (κ3) is 3.08. The van der Waals surface area contributed by atoms with Crippen molar-refractivity contribution in [2.45, 2.75) is 6.10 Å². The lowest BCUT2D eigenvalue weighted by atomic mass is 10.1. The van der Waals surface area contributed by atoms with Crippen LogP contribution in [0.5, 0.6) is 11.5 Å². The van der Waals surface area contributed by atoms with E-state index in [0.29, 0.717) is 22.1 Å². The summed E-state index contributed by atoms with van der Waals surface area (Å²) in [6.45, 7) is 0. The average molecular weight is 255 g/mol. The van der Waals surface area contributed by atoms with Crippen LogP contribution in [-0.4, -0.2) is 43.3 Å². The molecule has 0 aliphatic heterocycles. The van der Waals surface area contributed by atoms with Gasteiger partial charge in [0.15, 0.2) is 0 Å². The van der Waals surface area contributed by atoms with E-state index in [2.05, 4.69) is 0 Å². The van der Waals surface area contributed by atoms with Gasteiger partial charge < -0.3 is 19.5 Å². The molecule has 94 valence electrons. The molecule has 0 aliphatic carbocycles. The summed E-state index contributed by atoms with van der Waals surface area (Å²) in [5, 5.41) is 10.1. The Kier molecular flexibility index (Phi) is 4.72. The maximum absolute atomic E-state index is 10.1. The van der Waals surface area contributed by atoms with E-state index in [1.165, 1.54) is 0 Å². The molecule has 5 heteroatoms. The molecule has 1 N–H and O–H groups in total. The first kappa shape index (κ1) is 13.7. The molecule has 1 rings (SSSR count). The van der Waals surface area contributed by atoms with E-state index in [1.54, 1.807) is 51.4 Å². The summed E-state index contributed by atoms with van der Waals surface area (Å²) in [4.78, 5) is 2.14. The standard InChI is InChI=1S/C12H17NO3S/c1-13(2)12(17)11(14)9-6-5-8(15-3)7-10(9)16-4/h5-7,11,14H,1-4H3. The zero-order chi connectivity index (χ0) is 13.0. The van der Waals surface area contributed by atoms with E-state index in [9.17, 15) is 5.11 Å². The zero-order valence-corrected chi connectivity index (χ0v) is 11.2. The summed E-state index contributed by atoms with van der Waals surface area (Å²) in [5.41, 5.74) is 0.631. The van der Waals surface area contributed by atoms with Crippen molar-refractivity contribution in [2.75, 3.05) is 28.3 Å². The van der Waals surface area contributed by atoms with Crippen molar-refractivity contribution in [3.05, 3.63) is 23.8 Å². The Morgan fingerprint density at radius 1 is 1.29 bits per heavy atom. The molecule has 0 bridgehead atoms. The predicted molar refractivity (Wildman–Crippen MR) is 70.8 cm³/mol. The van der Waals surface area contributed by atoms with Crippen LogP contribution >= 0.6 is 12.2 Å². The maximum atomic E-state index is 10.1. The lowest BCUT2D eigenvalue weighted by Gasteiger charge is -2.21. The number of benzene rings is 1. The van der Waals surface area contributed by atoms with Gasteiger partial charge in [-0.3, -0.25) is 0 Å². The molecule has 1 unspecified atom stereocenters. The zero-order valence-electron chi connectivity index (χ0n) is 10.4. The van der Waals surface area contributed by atoms with E-state index in [1.807, 2.05) is 0 Å². The van der Waals surface area contributed by atoms with Crippen LogP contribution in [-0.2, 0) is 0 Å². The van der Waals surface area contributed by atoms with Gasteiger partial charge in [0.1, 0.15) is 22.6 Å². The van der Waals surface area contributed by atoms with Gasteiger partial charge in [0, 0.05) is 25.7 Å². The first-order valence-electron chi connectivity index (χ1n) is 5.12. The maximum Gasteiger partial charge on any atom is 0.133 e. The number of thiocarbonyl (C=S) groups is 1. The molecule has 0 aliphatic rings. The molecule has 4 nitrogen and oxygen atoms in total. The van der Waals surface area contributed by atoms with Crippen molar-refractivity contribution >= 4 is 17.2 Å². The van der Waals surface area contributed by atoms with Crippen molar-refractivity contribution in [3.63, 3.8) is 0 Å². The van der Waals surface area contributed by atoms with E-state index in [0.717, 1.165) is 0 Å². The van der Waals surface area contributed by atoms with Gasteiger partial charge in [0.25, 0.3) is 0 Å². The molecule has 1 atom stereocenters. The Balaban J connectivity index is 3.09. The smallest absolute Gasteiger partial charge is 0.133 e. The van der Waals surface area contributed by atoms with Gasteiger partial charge in [0.2, 0.25) is 0 Å². The van der Waals surface area contributed by atoms with Crippen LogP contribution in [0.4, 0.5) is 0 Å². The second kappa shape index (κ2) is 5.84. The molecule has 0 radical (unpaired) electrons. The highest BCUT2D eigenvalue weighted by Gasteiger charge is 2.19. The van der Waals surface area contributed by atoms with Crippen molar-refractivity contribution in [2.24, 2.45) is 0 Å². The number of hydrogen-bond acceptors (Lipinski definition) is 4. The number of likely N-dealkylation sites (N-methyl/N-ethyl adjacent to an activating group) is 1. The molecule has 0 heterocycles. The third-order valence-electron chi connectivity index (χ3n) is 2.41. The lowest BCUT2D eigenvalue weighted by molar-refractivity contribution is 0.230. The Bertz CT molecular complexity index is 407. The fraction of sp³-hybridized carbons (Fsp3) is 0.417. The van der Waals surface area contributed by atoms with Crippen LogP contribution in [0, 0.1) is 0 Å². The molecule has 0 saturated carbocycles. The monoisotopic (exact) mass is 255 g/mol. The minimum Gasteiger partial charge on any atom is -0.497 e. The SMILES string of the molecule is COc1ccc(C(O)C(=S)N(C)C)c(OC)c1. The van der Waals surface area contributed by atoms with Crippen molar-refractivity contribution in [3.8, 4) is 11.5 Å². The highest BCUT2D eigenvalue weighted by molar-refractivity contribution is 7.80. The minimum absolute atomic E-state index is 0.438. The van der Waals surface area contributed by atoms with Gasteiger partial charge >= 0.3 is 0 Å². The van der Waals surface area contributed by atoms with E-state index in [-0.39, 0.29) is 0 Å². The fourth-order valence-corrected chi connectivity index (χ4v) is 1.55. The molecule has 0 spiro atoms. The topological polar surface area (TPSA) is 41.9 Å². The molecule has 17 heavy (non-hydrogen) atoms. The molecule has 0 fully saturated rings. The highest BCUT2D eigenvalue weighted by Crippen LogP contribution is 2.30. The average Bonchev–Trinajstić information content (AvgIpc) is 2.35.